The monoisotopic (exact) mass is 189 g/mol. The van der Waals surface area contributed by atoms with Crippen molar-refractivity contribution in [1.82, 2.24) is 5.32 Å². The number of rotatable bonds is 6. The van der Waals surface area contributed by atoms with E-state index in [0.29, 0.717) is 13.0 Å². The van der Waals surface area contributed by atoms with Crippen LogP contribution < -0.4 is 5.32 Å². The zero-order chi connectivity index (χ0) is 10.3. The molecule has 1 atom stereocenters. The van der Waals surface area contributed by atoms with E-state index >= 15 is 0 Å². The summed E-state index contributed by atoms with van der Waals surface area (Å²) >= 11 is 0. The van der Waals surface area contributed by atoms with Gasteiger partial charge in [0.1, 0.15) is 6.04 Å². The molecule has 0 fully saturated rings. The Kier molecular flexibility index (Phi) is 6.54. The minimum Gasteiger partial charge on any atom is -0.468 e. The molecule has 0 aromatic rings. The Bertz CT molecular complexity index is 148. The molecule has 0 aliphatic carbocycles. The van der Waals surface area contributed by atoms with Gasteiger partial charge in [-0.1, -0.05) is 13.8 Å². The summed E-state index contributed by atoms with van der Waals surface area (Å²) < 4.78 is 4.64. The van der Waals surface area contributed by atoms with Crippen molar-refractivity contribution in [3.63, 3.8) is 0 Å². The molecular weight excluding hydrogens is 170 g/mol. The van der Waals surface area contributed by atoms with Crippen LogP contribution in [0.25, 0.3) is 0 Å². The smallest absolute Gasteiger partial charge is 0.323 e. The Hall–Kier alpha value is -0.610. The highest BCUT2D eigenvalue weighted by Crippen LogP contribution is 2.03. The van der Waals surface area contributed by atoms with Crippen molar-refractivity contribution in [2.45, 2.75) is 26.3 Å². The Morgan fingerprint density at radius 3 is 2.54 bits per heavy atom. The molecule has 2 N–H and O–H groups in total. The second-order valence-electron chi connectivity index (χ2n) is 3.28. The van der Waals surface area contributed by atoms with Crippen molar-refractivity contribution in [1.29, 1.82) is 0 Å². The minimum absolute atomic E-state index is 0.138. The molecule has 0 bridgehead atoms. The number of hydrogen-bond acceptors (Lipinski definition) is 4. The summed E-state index contributed by atoms with van der Waals surface area (Å²) in [5.41, 5.74) is 0. The summed E-state index contributed by atoms with van der Waals surface area (Å²) in [5.74, 6) is -0.0425. The third kappa shape index (κ3) is 4.85. The first-order chi connectivity index (χ1) is 6.13. The molecule has 0 saturated heterocycles. The Morgan fingerprint density at radius 2 is 2.15 bits per heavy atom. The van der Waals surface area contributed by atoms with Crippen LogP contribution in [-0.4, -0.2) is 37.4 Å². The number of carbonyl (C=O) groups is 1. The first-order valence-corrected chi connectivity index (χ1v) is 4.55. The van der Waals surface area contributed by atoms with Crippen LogP contribution in [0.2, 0.25) is 0 Å². The molecule has 4 nitrogen and oxygen atoms in total. The fraction of sp³-hybridized carbons (Fsp3) is 0.889. The van der Waals surface area contributed by atoms with Crippen molar-refractivity contribution in [3.05, 3.63) is 0 Å². The van der Waals surface area contributed by atoms with E-state index in [1.54, 1.807) is 0 Å². The van der Waals surface area contributed by atoms with Gasteiger partial charge in [0.25, 0.3) is 0 Å². The third-order valence-corrected chi connectivity index (χ3v) is 1.82. The van der Waals surface area contributed by atoms with Gasteiger partial charge in [0.2, 0.25) is 0 Å². The predicted molar refractivity (Wildman–Crippen MR) is 50.3 cm³/mol. The SMILES string of the molecule is COC(=O)[C@@H](NCCCO)C(C)C. The van der Waals surface area contributed by atoms with Gasteiger partial charge >= 0.3 is 5.97 Å². The number of aliphatic hydroxyl groups is 1. The van der Waals surface area contributed by atoms with E-state index in [2.05, 4.69) is 10.1 Å². The molecule has 0 aliphatic rings. The maximum atomic E-state index is 11.2. The molecule has 0 heterocycles. The lowest BCUT2D eigenvalue weighted by Crippen LogP contribution is -2.42. The molecule has 0 rings (SSSR count). The lowest BCUT2D eigenvalue weighted by atomic mass is 10.0. The van der Waals surface area contributed by atoms with Crippen molar-refractivity contribution >= 4 is 5.97 Å². The van der Waals surface area contributed by atoms with Gasteiger partial charge in [0.15, 0.2) is 0 Å². The van der Waals surface area contributed by atoms with Crippen molar-refractivity contribution < 1.29 is 14.6 Å². The number of hydrogen-bond donors (Lipinski definition) is 2. The number of nitrogens with one attached hydrogen (secondary N) is 1. The van der Waals surface area contributed by atoms with Crippen LogP contribution in [0, 0.1) is 5.92 Å². The highest BCUT2D eigenvalue weighted by molar-refractivity contribution is 5.75. The van der Waals surface area contributed by atoms with Gasteiger partial charge in [-0.25, -0.2) is 0 Å². The quantitative estimate of drug-likeness (QED) is 0.461. The van der Waals surface area contributed by atoms with Crippen molar-refractivity contribution in [2.75, 3.05) is 20.3 Å². The Labute approximate surface area is 79.3 Å². The highest BCUT2D eigenvalue weighted by Gasteiger charge is 2.21. The summed E-state index contributed by atoms with van der Waals surface area (Å²) in [5, 5.41) is 11.6. The van der Waals surface area contributed by atoms with Crippen LogP contribution in [0.15, 0.2) is 0 Å². The first kappa shape index (κ1) is 12.4. The summed E-state index contributed by atoms with van der Waals surface area (Å²) in [7, 11) is 1.38. The van der Waals surface area contributed by atoms with Crippen molar-refractivity contribution in [3.8, 4) is 0 Å². The normalized spacial score (nSPS) is 13.0. The topological polar surface area (TPSA) is 58.6 Å². The van der Waals surface area contributed by atoms with Gasteiger partial charge in [0, 0.05) is 6.61 Å². The highest BCUT2D eigenvalue weighted by atomic mass is 16.5. The molecule has 78 valence electrons. The maximum absolute atomic E-state index is 11.2. The molecule has 0 amide bonds. The fourth-order valence-electron chi connectivity index (χ4n) is 1.05. The standard InChI is InChI=1S/C9H19NO3/c1-7(2)8(9(12)13-3)10-5-4-6-11/h7-8,10-11H,4-6H2,1-3H3/t8-/m0/s1. The van der Waals surface area contributed by atoms with Crippen LogP contribution in [0.3, 0.4) is 0 Å². The number of aliphatic hydroxyl groups excluding tert-OH is 1. The predicted octanol–water partition coefficient (Wildman–Crippen LogP) is 0.156. The first-order valence-electron chi connectivity index (χ1n) is 4.55. The zero-order valence-electron chi connectivity index (χ0n) is 8.54. The van der Waals surface area contributed by atoms with Gasteiger partial charge in [-0.2, -0.15) is 0 Å². The molecule has 4 heteroatoms. The maximum Gasteiger partial charge on any atom is 0.323 e. The van der Waals surface area contributed by atoms with Gasteiger partial charge in [-0.15, -0.1) is 0 Å². The molecule has 0 aromatic heterocycles. The number of methoxy groups -OCH3 is 1. The second kappa shape index (κ2) is 6.86. The molecule has 0 radical (unpaired) electrons. The lowest BCUT2D eigenvalue weighted by Gasteiger charge is -2.19. The molecule has 0 saturated carbocycles. The summed E-state index contributed by atoms with van der Waals surface area (Å²) in [6, 6.07) is -0.267. The van der Waals surface area contributed by atoms with E-state index in [0.717, 1.165) is 0 Å². The van der Waals surface area contributed by atoms with Gasteiger partial charge in [0.05, 0.1) is 7.11 Å². The molecule has 0 spiro atoms. The van der Waals surface area contributed by atoms with Gasteiger partial charge in [-0.05, 0) is 18.9 Å². The molecule has 0 aromatic carbocycles. The zero-order valence-corrected chi connectivity index (χ0v) is 8.54. The van der Waals surface area contributed by atoms with Crippen LogP contribution >= 0.6 is 0 Å². The van der Waals surface area contributed by atoms with E-state index in [4.69, 9.17) is 5.11 Å². The average molecular weight is 189 g/mol. The Morgan fingerprint density at radius 1 is 1.54 bits per heavy atom. The lowest BCUT2D eigenvalue weighted by molar-refractivity contribution is -0.144. The number of carbonyl (C=O) groups excluding carboxylic acids is 1. The largest absolute Gasteiger partial charge is 0.468 e. The minimum atomic E-state index is -0.267. The summed E-state index contributed by atoms with van der Waals surface area (Å²) in [4.78, 5) is 11.2. The average Bonchev–Trinajstić information content (AvgIpc) is 2.11. The van der Waals surface area contributed by atoms with Crippen LogP contribution in [0.4, 0.5) is 0 Å². The van der Waals surface area contributed by atoms with Crippen LogP contribution in [0.1, 0.15) is 20.3 Å². The third-order valence-electron chi connectivity index (χ3n) is 1.82. The Balaban J connectivity index is 3.88. The summed E-state index contributed by atoms with van der Waals surface area (Å²) in [6.07, 6.45) is 0.653. The van der Waals surface area contributed by atoms with Gasteiger partial charge < -0.3 is 15.2 Å². The van der Waals surface area contributed by atoms with E-state index in [1.807, 2.05) is 13.8 Å². The van der Waals surface area contributed by atoms with E-state index in [-0.39, 0.29) is 24.5 Å². The van der Waals surface area contributed by atoms with Crippen molar-refractivity contribution in [2.24, 2.45) is 5.92 Å². The van der Waals surface area contributed by atoms with E-state index in [9.17, 15) is 4.79 Å². The summed E-state index contributed by atoms with van der Waals surface area (Å²) in [6.45, 7) is 4.68. The second-order valence-corrected chi connectivity index (χ2v) is 3.28. The molecular formula is C9H19NO3. The van der Waals surface area contributed by atoms with E-state index in [1.165, 1.54) is 7.11 Å². The molecule has 13 heavy (non-hydrogen) atoms. The molecule has 0 aliphatic heterocycles. The van der Waals surface area contributed by atoms with Crippen LogP contribution in [0.5, 0.6) is 0 Å². The number of esters is 1. The fourth-order valence-corrected chi connectivity index (χ4v) is 1.05. The number of ether oxygens (including phenoxy) is 1. The van der Waals surface area contributed by atoms with Crippen LogP contribution in [-0.2, 0) is 9.53 Å². The van der Waals surface area contributed by atoms with Gasteiger partial charge in [-0.3, -0.25) is 4.79 Å². The van der Waals surface area contributed by atoms with E-state index < -0.39 is 0 Å². The molecule has 0 unspecified atom stereocenters.